The van der Waals surface area contributed by atoms with E-state index in [4.69, 9.17) is 32.5 Å². The van der Waals surface area contributed by atoms with Crippen LogP contribution in [0.1, 0.15) is 71.0 Å². The molecule has 0 bridgehead atoms. The van der Waals surface area contributed by atoms with Crippen molar-refractivity contribution in [1.29, 1.82) is 0 Å². The number of likely N-dealkylation sites (tertiary alicyclic amines) is 1. The van der Waals surface area contributed by atoms with E-state index in [9.17, 15) is 0 Å². The second-order valence-corrected chi connectivity index (χ2v) is 11.7. The molecule has 3 aliphatic rings. The molecule has 0 unspecified atom stereocenters. The third-order valence-electron chi connectivity index (χ3n) is 7.17. The van der Waals surface area contributed by atoms with E-state index in [-0.39, 0.29) is 5.60 Å². The lowest BCUT2D eigenvalue weighted by Crippen LogP contribution is -2.52. The number of benzene rings is 1. The van der Waals surface area contributed by atoms with E-state index in [2.05, 4.69) is 36.1 Å². The van der Waals surface area contributed by atoms with E-state index in [1.165, 1.54) is 25.7 Å². The molecule has 1 spiro atoms. The van der Waals surface area contributed by atoms with Crippen LogP contribution in [0.5, 0.6) is 0 Å². The maximum atomic E-state index is 6.50. The Morgan fingerprint density at radius 3 is 2.41 bits per heavy atom. The van der Waals surface area contributed by atoms with E-state index < -0.39 is 0 Å². The van der Waals surface area contributed by atoms with Gasteiger partial charge in [0.05, 0.1) is 22.4 Å². The van der Waals surface area contributed by atoms with Crippen molar-refractivity contribution in [3.63, 3.8) is 0 Å². The summed E-state index contributed by atoms with van der Waals surface area (Å²) in [7, 11) is 0. The summed E-state index contributed by atoms with van der Waals surface area (Å²) in [6, 6.07) is 6.00. The first kappa shape index (κ1) is 22.5. The van der Waals surface area contributed by atoms with Crippen LogP contribution < -0.4 is 5.32 Å². The second kappa shape index (κ2) is 8.50. The molecule has 7 heteroatoms. The summed E-state index contributed by atoms with van der Waals surface area (Å²) in [6.45, 7) is 9.31. The highest BCUT2D eigenvalue weighted by Gasteiger charge is 2.47. The fraction of sp³-hybridized carbons (Fsp3) is 0.640. The Bertz CT molecular complexity index is 944. The Kier molecular flexibility index (Phi) is 5.98. The van der Waals surface area contributed by atoms with E-state index in [1.807, 2.05) is 18.2 Å². The molecule has 0 radical (unpaired) electrons. The molecule has 0 amide bonds. The van der Waals surface area contributed by atoms with Crippen molar-refractivity contribution in [1.82, 2.24) is 10.1 Å². The first-order valence-electron chi connectivity index (χ1n) is 11.8. The van der Waals surface area contributed by atoms with Gasteiger partial charge in [-0.2, -0.15) is 0 Å². The molecule has 2 heterocycles. The van der Waals surface area contributed by atoms with Gasteiger partial charge in [-0.15, -0.1) is 0 Å². The van der Waals surface area contributed by atoms with Gasteiger partial charge in [-0.1, -0.05) is 34.4 Å². The molecule has 3 fully saturated rings. The lowest BCUT2D eigenvalue weighted by molar-refractivity contribution is -0.0868. The van der Waals surface area contributed by atoms with Crippen molar-refractivity contribution in [3.8, 4) is 11.3 Å². The van der Waals surface area contributed by atoms with Crippen molar-refractivity contribution in [2.24, 2.45) is 5.41 Å². The molecule has 1 aromatic heterocycles. The minimum absolute atomic E-state index is 0.0826. The van der Waals surface area contributed by atoms with E-state index >= 15 is 0 Å². The van der Waals surface area contributed by atoms with Gasteiger partial charge in [-0.3, -0.25) is 4.90 Å². The van der Waals surface area contributed by atoms with Crippen LogP contribution in [0.25, 0.3) is 11.3 Å². The van der Waals surface area contributed by atoms with Crippen molar-refractivity contribution < 1.29 is 9.26 Å². The van der Waals surface area contributed by atoms with E-state index in [0.717, 1.165) is 55.4 Å². The van der Waals surface area contributed by atoms with Crippen LogP contribution >= 0.6 is 23.2 Å². The molecule has 1 N–H and O–H groups in total. The SMILES string of the molecule is CC(C)(C)OCN1CCC2(CC1)CC(Nc1c(-c3c(Cl)cccc3Cl)noc1C1CC1)C2. The van der Waals surface area contributed by atoms with Crippen LogP contribution in [0.15, 0.2) is 22.7 Å². The molecule has 0 atom stereocenters. The van der Waals surface area contributed by atoms with Gasteiger partial charge in [0.25, 0.3) is 0 Å². The van der Waals surface area contributed by atoms with Crippen molar-refractivity contribution in [2.75, 3.05) is 25.1 Å². The smallest absolute Gasteiger partial charge is 0.163 e. The molecule has 32 heavy (non-hydrogen) atoms. The zero-order chi connectivity index (χ0) is 22.5. The summed E-state index contributed by atoms with van der Waals surface area (Å²) >= 11 is 13.0. The molecule has 2 aromatic rings. The normalized spacial score (nSPS) is 21.7. The van der Waals surface area contributed by atoms with Gasteiger partial charge in [0.1, 0.15) is 11.4 Å². The zero-order valence-corrected chi connectivity index (χ0v) is 20.7. The van der Waals surface area contributed by atoms with Gasteiger partial charge in [0, 0.05) is 30.6 Å². The molecule has 2 aliphatic carbocycles. The second-order valence-electron chi connectivity index (χ2n) is 10.9. The molecule has 1 aliphatic heterocycles. The highest BCUT2D eigenvalue weighted by atomic mass is 35.5. The highest BCUT2D eigenvalue weighted by molar-refractivity contribution is 6.39. The number of rotatable bonds is 6. The standard InChI is InChI=1S/C25H33Cl2N3O2/c1-24(2,3)31-15-30-11-9-25(10-12-30)13-17(14-25)28-22-21(29-32-23(22)16-7-8-16)20-18(26)5-4-6-19(20)27/h4-6,16-17,28H,7-15H2,1-3H3. The summed E-state index contributed by atoms with van der Waals surface area (Å²) in [5, 5.41) is 9.40. The number of hydrogen-bond acceptors (Lipinski definition) is 5. The lowest BCUT2D eigenvalue weighted by Gasteiger charge is -2.52. The van der Waals surface area contributed by atoms with Crippen LogP contribution in [0, 0.1) is 5.41 Å². The number of nitrogens with one attached hydrogen (secondary N) is 1. The molecule has 174 valence electrons. The Balaban J connectivity index is 1.25. The van der Waals surface area contributed by atoms with Crippen LogP contribution in [-0.4, -0.2) is 41.5 Å². The van der Waals surface area contributed by atoms with Gasteiger partial charge in [-0.05, 0) is 76.8 Å². The Labute approximate surface area is 200 Å². The Morgan fingerprint density at radius 1 is 1.16 bits per heavy atom. The van der Waals surface area contributed by atoms with Crippen LogP contribution in [0.4, 0.5) is 5.69 Å². The quantitative estimate of drug-likeness (QED) is 0.487. The van der Waals surface area contributed by atoms with Crippen molar-refractivity contribution >= 4 is 28.9 Å². The molecule has 1 aromatic carbocycles. The van der Waals surface area contributed by atoms with Crippen molar-refractivity contribution in [2.45, 2.75) is 76.9 Å². The predicted molar refractivity (Wildman–Crippen MR) is 130 cm³/mol. The number of halogens is 2. The van der Waals surface area contributed by atoms with Gasteiger partial charge in [-0.25, -0.2) is 0 Å². The van der Waals surface area contributed by atoms with Crippen molar-refractivity contribution in [3.05, 3.63) is 34.0 Å². The fourth-order valence-electron chi connectivity index (χ4n) is 5.10. The Morgan fingerprint density at radius 2 is 1.81 bits per heavy atom. The number of nitrogens with zero attached hydrogens (tertiary/aromatic N) is 2. The molecule has 5 nitrogen and oxygen atoms in total. The highest BCUT2D eigenvalue weighted by Crippen LogP contribution is 2.53. The molecule has 2 saturated carbocycles. The molecular weight excluding hydrogens is 445 g/mol. The average molecular weight is 478 g/mol. The summed E-state index contributed by atoms with van der Waals surface area (Å²) in [6.07, 6.45) is 7.15. The maximum absolute atomic E-state index is 6.50. The summed E-state index contributed by atoms with van der Waals surface area (Å²) in [4.78, 5) is 2.44. The van der Waals surface area contributed by atoms with E-state index in [0.29, 0.717) is 27.4 Å². The first-order chi connectivity index (χ1) is 15.2. The lowest BCUT2D eigenvalue weighted by atomic mass is 9.60. The maximum Gasteiger partial charge on any atom is 0.163 e. The number of piperidine rings is 1. The number of ether oxygens (including phenoxy) is 1. The molecule has 1 saturated heterocycles. The largest absolute Gasteiger partial charge is 0.378 e. The van der Waals surface area contributed by atoms with Gasteiger partial charge >= 0.3 is 0 Å². The molecular formula is C25H33Cl2N3O2. The van der Waals surface area contributed by atoms with Gasteiger partial charge in [0.2, 0.25) is 0 Å². The molecule has 5 rings (SSSR count). The Hall–Kier alpha value is -1.27. The number of aromatic nitrogens is 1. The predicted octanol–water partition coefficient (Wildman–Crippen LogP) is 6.95. The fourth-order valence-corrected chi connectivity index (χ4v) is 5.68. The van der Waals surface area contributed by atoms with Crippen LogP contribution in [0.2, 0.25) is 10.0 Å². The van der Waals surface area contributed by atoms with E-state index in [1.54, 1.807) is 0 Å². The first-order valence-corrected chi connectivity index (χ1v) is 12.6. The average Bonchev–Trinajstić information content (AvgIpc) is 3.47. The zero-order valence-electron chi connectivity index (χ0n) is 19.2. The minimum Gasteiger partial charge on any atom is -0.378 e. The third kappa shape index (κ3) is 4.68. The number of hydrogen-bond donors (Lipinski definition) is 1. The van der Waals surface area contributed by atoms with Crippen LogP contribution in [-0.2, 0) is 4.74 Å². The summed E-state index contributed by atoms with van der Waals surface area (Å²) in [5.41, 5.74) is 2.88. The third-order valence-corrected chi connectivity index (χ3v) is 7.80. The minimum atomic E-state index is -0.0826. The summed E-state index contributed by atoms with van der Waals surface area (Å²) in [5.74, 6) is 1.42. The van der Waals surface area contributed by atoms with Gasteiger partial charge in [0.15, 0.2) is 5.76 Å². The summed E-state index contributed by atoms with van der Waals surface area (Å²) < 4.78 is 11.8. The van der Waals surface area contributed by atoms with Crippen LogP contribution in [0.3, 0.4) is 0 Å². The topological polar surface area (TPSA) is 50.5 Å². The monoisotopic (exact) mass is 477 g/mol. The number of anilines is 1. The van der Waals surface area contributed by atoms with Gasteiger partial charge < -0.3 is 14.6 Å².